The maximum Gasteiger partial charge on any atom is 0.236 e. The molecule has 0 aliphatic carbocycles. The molecule has 0 radical (unpaired) electrons. The van der Waals surface area contributed by atoms with Gasteiger partial charge in [0.1, 0.15) is 5.75 Å². The number of hydrogen-bond donors (Lipinski definition) is 0. The summed E-state index contributed by atoms with van der Waals surface area (Å²) in [7, 11) is 5.38. The molecule has 0 atom stereocenters. The van der Waals surface area contributed by atoms with Crippen LogP contribution in [0.15, 0.2) is 36.4 Å². The van der Waals surface area contributed by atoms with Gasteiger partial charge in [-0.15, -0.1) is 11.3 Å². The van der Waals surface area contributed by atoms with E-state index in [1.54, 1.807) is 23.3 Å². The Morgan fingerprint density at radius 3 is 2.57 bits per heavy atom. The highest BCUT2D eigenvalue weighted by Crippen LogP contribution is 2.22. The molecule has 0 fully saturated rings. The van der Waals surface area contributed by atoms with Crippen molar-refractivity contribution in [1.82, 2.24) is 9.80 Å². The number of likely N-dealkylation sites (N-methyl/N-ethyl adjacent to an activating group) is 2. The lowest BCUT2D eigenvalue weighted by atomic mass is 10.2. The first-order chi connectivity index (χ1) is 11.0. The summed E-state index contributed by atoms with van der Waals surface area (Å²) in [6, 6.07) is 11.6. The predicted octanol–water partition coefficient (Wildman–Crippen LogP) is 3.50. The van der Waals surface area contributed by atoms with Crippen molar-refractivity contribution in [2.24, 2.45) is 0 Å². The van der Waals surface area contributed by atoms with Crippen LogP contribution >= 0.6 is 22.9 Å². The number of para-hydroxylation sites is 1. The van der Waals surface area contributed by atoms with Crippen molar-refractivity contribution in [3.63, 3.8) is 0 Å². The number of rotatable bonds is 7. The molecule has 0 spiro atoms. The average Bonchev–Trinajstić information content (AvgIpc) is 2.92. The van der Waals surface area contributed by atoms with E-state index in [0.717, 1.165) is 20.5 Å². The van der Waals surface area contributed by atoms with E-state index in [2.05, 4.69) is 0 Å². The Bertz CT molecular complexity index is 660. The lowest BCUT2D eigenvalue weighted by Gasteiger charge is -2.22. The molecule has 2 rings (SSSR count). The van der Waals surface area contributed by atoms with Crippen molar-refractivity contribution in [3.8, 4) is 5.75 Å². The van der Waals surface area contributed by atoms with Crippen LogP contribution < -0.4 is 4.74 Å². The van der Waals surface area contributed by atoms with E-state index in [4.69, 9.17) is 16.3 Å². The lowest BCUT2D eigenvalue weighted by molar-refractivity contribution is -0.131. The van der Waals surface area contributed by atoms with Gasteiger partial charge < -0.3 is 9.64 Å². The molecule has 0 bridgehead atoms. The highest BCUT2D eigenvalue weighted by molar-refractivity contribution is 7.16. The molecular weight excluding hydrogens is 332 g/mol. The first-order valence-electron chi connectivity index (χ1n) is 7.28. The molecule has 2 aromatic rings. The SMILES string of the molecule is COc1ccccc1CN(C)C(=O)CN(C)Cc1ccc(Cl)s1. The molecule has 1 aromatic carbocycles. The molecule has 4 nitrogen and oxygen atoms in total. The van der Waals surface area contributed by atoms with Crippen molar-refractivity contribution in [2.45, 2.75) is 13.1 Å². The Morgan fingerprint density at radius 1 is 1.17 bits per heavy atom. The van der Waals surface area contributed by atoms with Gasteiger partial charge in [-0.05, 0) is 25.2 Å². The summed E-state index contributed by atoms with van der Waals surface area (Å²) in [6.45, 7) is 1.61. The minimum Gasteiger partial charge on any atom is -0.496 e. The molecule has 23 heavy (non-hydrogen) atoms. The van der Waals surface area contributed by atoms with Crippen LogP contribution in [0.3, 0.4) is 0 Å². The van der Waals surface area contributed by atoms with Crippen molar-refractivity contribution < 1.29 is 9.53 Å². The van der Waals surface area contributed by atoms with Gasteiger partial charge in [-0.3, -0.25) is 9.69 Å². The summed E-state index contributed by atoms with van der Waals surface area (Å²) in [5.74, 6) is 0.870. The molecule has 1 heterocycles. The summed E-state index contributed by atoms with van der Waals surface area (Å²) in [4.78, 5) is 17.2. The second kappa shape index (κ2) is 8.34. The zero-order valence-electron chi connectivity index (χ0n) is 13.6. The normalized spacial score (nSPS) is 10.8. The van der Waals surface area contributed by atoms with Crippen LogP contribution in [-0.4, -0.2) is 43.5 Å². The Morgan fingerprint density at radius 2 is 1.91 bits per heavy atom. The Hall–Kier alpha value is -1.56. The van der Waals surface area contributed by atoms with Gasteiger partial charge in [-0.1, -0.05) is 29.8 Å². The third-order valence-electron chi connectivity index (χ3n) is 3.49. The number of carbonyl (C=O) groups excluding carboxylic acids is 1. The van der Waals surface area contributed by atoms with E-state index in [1.807, 2.05) is 55.4 Å². The second-order valence-corrected chi connectivity index (χ2v) is 7.24. The molecule has 0 N–H and O–H groups in total. The summed E-state index contributed by atoms with van der Waals surface area (Å²) in [5.41, 5.74) is 0.999. The fraction of sp³-hybridized carbons (Fsp3) is 0.353. The van der Waals surface area contributed by atoms with E-state index in [9.17, 15) is 4.79 Å². The van der Waals surface area contributed by atoms with Gasteiger partial charge >= 0.3 is 0 Å². The van der Waals surface area contributed by atoms with Crippen molar-refractivity contribution in [3.05, 3.63) is 51.2 Å². The van der Waals surface area contributed by atoms with E-state index in [1.165, 1.54) is 0 Å². The number of thiophene rings is 1. The van der Waals surface area contributed by atoms with Crippen molar-refractivity contribution >= 4 is 28.8 Å². The topological polar surface area (TPSA) is 32.8 Å². The molecule has 0 aliphatic heterocycles. The fourth-order valence-corrected chi connectivity index (χ4v) is 3.46. The van der Waals surface area contributed by atoms with Crippen LogP contribution in [0.4, 0.5) is 0 Å². The average molecular weight is 353 g/mol. The van der Waals surface area contributed by atoms with E-state index >= 15 is 0 Å². The van der Waals surface area contributed by atoms with Gasteiger partial charge in [0.25, 0.3) is 0 Å². The second-order valence-electron chi connectivity index (χ2n) is 5.44. The zero-order chi connectivity index (χ0) is 16.8. The Kier molecular flexibility index (Phi) is 6.45. The van der Waals surface area contributed by atoms with Gasteiger partial charge in [0, 0.05) is 30.6 Å². The standard InChI is InChI=1S/C17H21ClN2O2S/c1-19(11-14-8-9-16(18)23-14)12-17(21)20(2)10-13-6-4-5-7-15(13)22-3/h4-9H,10-12H2,1-3H3. The van der Waals surface area contributed by atoms with Crippen LogP contribution in [0.5, 0.6) is 5.75 Å². The molecular formula is C17H21ClN2O2S. The number of amides is 1. The smallest absolute Gasteiger partial charge is 0.236 e. The monoisotopic (exact) mass is 352 g/mol. The molecule has 124 valence electrons. The van der Waals surface area contributed by atoms with Gasteiger partial charge in [0.05, 0.1) is 18.0 Å². The van der Waals surface area contributed by atoms with Gasteiger partial charge in [-0.2, -0.15) is 0 Å². The summed E-state index contributed by atoms with van der Waals surface area (Å²) in [5, 5.41) is 0. The summed E-state index contributed by atoms with van der Waals surface area (Å²) < 4.78 is 6.10. The molecule has 1 amide bonds. The third-order valence-corrected chi connectivity index (χ3v) is 4.70. The zero-order valence-corrected chi connectivity index (χ0v) is 15.2. The molecule has 6 heteroatoms. The largest absolute Gasteiger partial charge is 0.496 e. The van der Waals surface area contributed by atoms with E-state index in [0.29, 0.717) is 19.6 Å². The maximum absolute atomic E-state index is 12.4. The van der Waals surface area contributed by atoms with Crippen LogP contribution in [0.25, 0.3) is 0 Å². The van der Waals surface area contributed by atoms with Crippen molar-refractivity contribution in [2.75, 3.05) is 27.7 Å². The van der Waals surface area contributed by atoms with Gasteiger partial charge in [0.2, 0.25) is 5.91 Å². The first-order valence-corrected chi connectivity index (χ1v) is 8.47. The number of carbonyl (C=O) groups is 1. The van der Waals surface area contributed by atoms with Gasteiger partial charge in [0.15, 0.2) is 0 Å². The predicted molar refractivity (Wildman–Crippen MR) is 95.1 cm³/mol. The number of nitrogens with zero attached hydrogens (tertiary/aromatic N) is 2. The van der Waals surface area contributed by atoms with Crippen LogP contribution in [0.2, 0.25) is 4.34 Å². The Labute approximate surface area is 146 Å². The lowest BCUT2D eigenvalue weighted by Crippen LogP contribution is -2.36. The fourth-order valence-electron chi connectivity index (χ4n) is 2.29. The molecule has 0 aliphatic rings. The maximum atomic E-state index is 12.4. The van der Waals surface area contributed by atoms with Crippen LogP contribution in [0, 0.1) is 0 Å². The van der Waals surface area contributed by atoms with E-state index in [-0.39, 0.29) is 5.91 Å². The number of ether oxygens (including phenoxy) is 1. The molecule has 0 unspecified atom stereocenters. The third kappa shape index (κ3) is 5.23. The number of methoxy groups -OCH3 is 1. The summed E-state index contributed by atoms with van der Waals surface area (Å²) >= 11 is 7.47. The summed E-state index contributed by atoms with van der Waals surface area (Å²) in [6.07, 6.45) is 0. The highest BCUT2D eigenvalue weighted by Gasteiger charge is 2.14. The molecule has 0 saturated carbocycles. The highest BCUT2D eigenvalue weighted by atomic mass is 35.5. The van der Waals surface area contributed by atoms with Crippen molar-refractivity contribution in [1.29, 1.82) is 0 Å². The number of halogens is 1. The quantitative estimate of drug-likeness (QED) is 0.764. The van der Waals surface area contributed by atoms with Crippen LogP contribution in [0.1, 0.15) is 10.4 Å². The minimum atomic E-state index is 0.0704. The molecule has 0 saturated heterocycles. The first kappa shape index (κ1) is 17.8. The van der Waals surface area contributed by atoms with E-state index < -0.39 is 0 Å². The number of hydrogen-bond acceptors (Lipinski definition) is 4. The van der Waals surface area contributed by atoms with Gasteiger partial charge in [-0.25, -0.2) is 0 Å². The Balaban J connectivity index is 1.89. The minimum absolute atomic E-state index is 0.0704. The van der Waals surface area contributed by atoms with Crippen LogP contribution in [-0.2, 0) is 17.9 Å². The molecule has 1 aromatic heterocycles. The number of benzene rings is 1.